The highest BCUT2D eigenvalue weighted by Crippen LogP contribution is 2.02. The molecule has 1 unspecified atom stereocenters. The zero-order valence-corrected chi connectivity index (χ0v) is 18.1. The maximum atomic E-state index is 11.4. The van der Waals surface area contributed by atoms with Gasteiger partial charge in [0.25, 0.3) is 0 Å². The second kappa shape index (κ2) is 21.4. The van der Waals surface area contributed by atoms with Crippen molar-refractivity contribution in [2.24, 2.45) is 0 Å². The predicted molar refractivity (Wildman–Crippen MR) is 120 cm³/mol. The zero-order valence-electron chi connectivity index (χ0n) is 18.1. The van der Waals surface area contributed by atoms with Gasteiger partial charge in [0.2, 0.25) is 0 Å². The van der Waals surface area contributed by atoms with Gasteiger partial charge in [-0.25, -0.2) is 4.79 Å². The van der Waals surface area contributed by atoms with E-state index in [2.05, 4.69) is 67.7 Å². The summed E-state index contributed by atoms with van der Waals surface area (Å²) in [7, 11) is 0. The van der Waals surface area contributed by atoms with Crippen LogP contribution in [0.2, 0.25) is 0 Å². The fourth-order valence-electron chi connectivity index (χ4n) is 2.32. The Kier molecular flexibility index (Phi) is 20.0. The maximum absolute atomic E-state index is 11.4. The average molecular weight is 389 g/mol. The van der Waals surface area contributed by atoms with Gasteiger partial charge in [-0.15, -0.1) is 0 Å². The summed E-state index contributed by atoms with van der Waals surface area (Å²) >= 11 is 0. The summed E-state index contributed by atoms with van der Waals surface area (Å²) in [6, 6.07) is 0. The van der Waals surface area contributed by atoms with Crippen LogP contribution in [0.15, 0.2) is 60.8 Å². The minimum Gasteiger partial charge on any atom is -0.464 e. The van der Waals surface area contributed by atoms with Gasteiger partial charge in [-0.05, 0) is 65.2 Å². The van der Waals surface area contributed by atoms with Crippen molar-refractivity contribution in [3.63, 3.8) is 0 Å². The molecule has 158 valence electrons. The van der Waals surface area contributed by atoms with Crippen LogP contribution in [-0.2, 0) is 14.3 Å². The number of esters is 1. The summed E-state index contributed by atoms with van der Waals surface area (Å²) in [5.74, 6) is -0.277. The first kappa shape index (κ1) is 26.1. The van der Waals surface area contributed by atoms with Crippen LogP contribution in [0.5, 0.6) is 0 Å². The van der Waals surface area contributed by atoms with Crippen molar-refractivity contribution in [1.29, 1.82) is 0 Å². The largest absolute Gasteiger partial charge is 0.464 e. The first-order valence-electron chi connectivity index (χ1n) is 10.8. The second-order valence-electron chi connectivity index (χ2n) is 6.47. The number of rotatable bonds is 17. The van der Waals surface area contributed by atoms with E-state index in [0.29, 0.717) is 13.2 Å². The molecule has 3 heteroatoms. The Bertz CT molecular complexity index is 498. The smallest absolute Gasteiger partial charge is 0.334 e. The maximum Gasteiger partial charge on any atom is 0.334 e. The van der Waals surface area contributed by atoms with Gasteiger partial charge < -0.3 is 9.47 Å². The Morgan fingerprint density at radius 1 is 0.750 bits per heavy atom. The molecule has 0 heterocycles. The van der Waals surface area contributed by atoms with E-state index in [-0.39, 0.29) is 5.97 Å². The van der Waals surface area contributed by atoms with Gasteiger partial charge >= 0.3 is 5.97 Å². The fourth-order valence-corrected chi connectivity index (χ4v) is 2.32. The monoisotopic (exact) mass is 388 g/mol. The summed E-state index contributed by atoms with van der Waals surface area (Å²) in [4.78, 5) is 11.4. The summed E-state index contributed by atoms with van der Waals surface area (Å²) in [6.45, 7) is 6.69. The molecule has 0 aliphatic carbocycles. The van der Waals surface area contributed by atoms with Crippen LogP contribution in [-0.4, -0.2) is 25.3 Å². The third-order valence-corrected chi connectivity index (χ3v) is 3.91. The predicted octanol–water partition coefficient (Wildman–Crippen LogP) is 6.88. The molecule has 0 aromatic heterocycles. The zero-order chi connectivity index (χ0) is 20.7. The Morgan fingerprint density at radius 3 is 1.75 bits per heavy atom. The van der Waals surface area contributed by atoms with Gasteiger partial charge in [-0.1, -0.05) is 67.7 Å². The highest BCUT2D eigenvalue weighted by atomic mass is 16.6. The average Bonchev–Trinajstić information content (AvgIpc) is 2.69. The van der Waals surface area contributed by atoms with Crippen LogP contribution >= 0.6 is 0 Å². The van der Waals surface area contributed by atoms with Crippen molar-refractivity contribution < 1.29 is 14.3 Å². The second-order valence-corrected chi connectivity index (χ2v) is 6.47. The summed E-state index contributed by atoms with van der Waals surface area (Å²) in [5.41, 5.74) is 0. The molecule has 0 aromatic carbocycles. The van der Waals surface area contributed by atoms with Crippen LogP contribution in [0.4, 0.5) is 0 Å². The molecule has 0 radical (unpaired) electrons. The molecule has 0 spiro atoms. The van der Waals surface area contributed by atoms with E-state index >= 15 is 0 Å². The highest BCUT2D eigenvalue weighted by Gasteiger charge is 2.13. The number of allylic oxidation sites excluding steroid dienone is 10. The Balaban J connectivity index is 3.50. The van der Waals surface area contributed by atoms with Gasteiger partial charge in [-0.2, -0.15) is 0 Å². The van der Waals surface area contributed by atoms with Gasteiger partial charge in [0.1, 0.15) is 0 Å². The molecule has 0 aliphatic rings. The van der Waals surface area contributed by atoms with Crippen molar-refractivity contribution in [2.45, 2.75) is 78.2 Å². The van der Waals surface area contributed by atoms with Gasteiger partial charge in [-0.3, -0.25) is 0 Å². The van der Waals surface area contributed by atoms with Crippen LogP contribution in [0.25, 0.3) is 0 Å². The molecule has 0 bridgehead atoms. The van der Waals surface area contributed by atoms with E-state index < -0.39 is 6.10 Å². The molecule has 0 aromatic rings. The van der Waals surface area contributed by atoms with Crippen molar-refractivity contribution in [1.82, 2.24) is 0 Å². The summed E-state index contributed by atoms with van der Waals surface area (Å²) < 4.78 is 10.4. The van der Waals surface area contributed by atoms with E-state index in [4.69, 9.17) is 9.47 Å². The number of unbranched alkanes of at least 4 members (excludes halogenated alkanes) is 2. The van der Waals surface area contributed by atoms with E-state index in [1.807, 2.05) is 0 Å². The normalized spacial score (nSPS) is 13.7. The van der Waals surface area contributed by atoms with Crippen LogP contribution in [0.1, 0.15) is 72.1 Å². The minimum atomic E-state index is -0.464. The van der Waals surface area contributed by atoms with Gasteiger partial charge in [0.05, 0.1) is 6.61 Å². The third-order valence-electron chi connectivity index (χ3n) is 3.91. The number of carbonyl (C=O) groups excluding carboxylic acids is 1. The molecule has 1 atom stereocenters. The lowest BCUT2D eigenvalue weighted by molar-refractivity contribution is -0.155. The first-order chi connectivity index (χ1) is 13.7. The molecule has 0 aliphatic heterocycles. The third kappa shape index (κ3) is 18.9. The molecule has 0 saturated carbocycles. The van der Waals surface area contributed by atoms with Crippen molar-refractivity contribution >= 4 is 5.97 Å². The summed E-state index contributed by atoms with van der Waals surface area (Å²) in [5, 5.41) is 0. The Morgan fingerprint density at radius 2 is 1.25 bits per heavy atom. The van der Waals surface area contributed by atoms with Crippen LogP contribution in [0.3, 0.4) is 0 Å². The molecule has 0 N–H and O–H groups in total. The quantitative estimate of drug-likeness (QED) is 0.155. The Labute approximate surface area is 172 Å². The minimum absolute atomic E-state index is 0.277. The van der Waals surface area contributed by atoms with Crippen LogP contribution in [0, 0.1) is 0 Å². The first-order valence-corrected chi connectivity index (χ1v) is 10.8. The highest BCUT2D eigenvalue weighted by molar-refractivity contribution is 5.74. The lowest BCUT2D eigenvalue weighted by atomic mass is 10.2. The standard InChI is InChI=1S/C25H40O3/c1-4-6-7-8-9-10-11-12-13-14-15-16-17-18-19-20-21-22-23-28-24(3)25(26)27-5-2/h6-7,9-10,12-13,15-16,18-19,24H,4-5,8,11,14,17,20-23H2,1-3H3. The molecule has 0 fully saturated rings. The Hall–Kier alpha value is -1.87. The van der Waals surface area contributed by atoms with E-state index in [9.17, 15) is 4.79 Å². The van der Waals surface area contributed by atoms with Crippen LogP contribution < -0.4 is 0 Å². The number of hydrogen-bond donors (Lipinski definition) is 0. The number of hydrogen-bond acceptors (Lipinski definition) is 3. The molecule has 3 nitrogen and oxygen atoms in total. The van der Waals surface area contributed by atoms with Crippen molar-refractivity contribution in [3.05, 3.63) is 60.8 Å². The van der Waals surface area contributed by atoms with E-state index in [1.54, 1.807) is 13.8 Å². The molecule has 0 rings (SSSR count). The topological polar surface area (TPSA) is 35.5 Å². The van der Waals surface area contributed by atoms with E-state index in [1.165, 1.54) is 0 Å². The van der Waals surface area contributed by atoms with Gasteiger partial charge in [0.15, 0.2) is 6.10 Å². The SMILES string of the molecule is CCC=CCC=CCC=CCC=CCC=CCCCCOC(C)C(=O)OCC. The van der Waals surface area contributed by atoms with Crippen molar-refractivity contribution in [3.8, 4) is 0 Å². The number of ether oxygens (including phenoxy) is 2. The summed E-state index contributed by atoms with van der Waals surface area (Å²) in [6.07, 6.45) is 29.8. The molecule has 0 saturated heterocycles. The van der Waals surface area contributed by atoms with E-state index in [0.717, 1.165) is 51.4 Å². The lowest BCUT2D eigenvalue weighted by Crippen LogP contribution is -2.23. The van der Waals surface area contributed by atoms with Crippen molar-refractivity contribution in [2.75, 3.05) is 13.2 Å². The molecule has 28 heavy (non-hydrogen) atoms. The molecular weight excluding hydrogens is 348 g/mol. The fraction of sp³-hybridized carbons (Fsp3) is 0.560. The molecule has 0 amide bonds. The molecular formula is C25H40O3. The van der Waals surface area contributed by atoms with Gasteiger partial charge in [0, 0.05) is 6.61 Å². The lowest BCUT2D eigenvalue weighted by Gasteiger charge is -2.11. The number of carbonyl (C=O) groups is 1.